The summed E-state index contributed by atoms with van der Waals surface area (Å²) in [5, 5.41) is 2.09. The molecule has 0 fully saturated rings. The number of ketones is 1. The van der Waals surface area contributed by atoms with E-state index in [1.807, 2.05) is 42.5 Å². The van der Waals surface area contributed by atoms with E-state index in [4.69, 9.17) is 9.73 Å². The van der Waals surface area contributed by atoms with Gasteiger partial charge in [0.25, 0.3) is 0 Å². The van der Waals surface area contributed by atoms with Gasteiger partial charge >= 0.3 is 0 Å². The first-order valence-electron chi connectivity index (χ1n) is 8.21. The molecule has 0 unspecified atom stereocenters. The van der Waals surface area contributed by atoms with Crippen molar-refractivity contribution in [2.75, 3.05) is 7.11 Å². The lowest BCUT2D eigenvalue weighted by Gasteiger charge is -2.07. The SMILES string of the molecule is C=CCn1c(-c2ccc(OC)cc2)csc1=Nc1ccc(C(C)=O)cc1.[Br-]. The topological polar surface area (TPSA) is 43.6 Å². The van der Waals surface area contributed by atoms with Crippen molar-refractivity contribution in [3.63, 3.8) is 0 Å². The van der Waals surface area contributed by atoms with Gasteiger partial charge in [-0.15, -0.1) is 17.9 Å². The van der Waals surface area contributed by atoms with E-state index >= 15 is 0 Å². The minimum Gasteiger partial charge on any atom is -1.00 e. The van der Waals surface area contributed by atoms with Crippen LogP contribution in [0.15, 0.2) is 71.6 Å². The third-order valence-electron chi connectivity index (χ3n) is 3.99. The molecule has 0 aliphatic rings. The van der Waals surface area contributed by atoms with Gasteiger partial charge in [0.15, 0.2) is 10.6 Å². The number of hydrogen-bond donors (Lipinski definition) is 0. The summed E-state index contributed by atoms with van der Waals surface area (Å²) in [5.74, 6) is 0.880. The summed E-state index contributed by atoms with van der Waals surface area (Å²) < 4.78 is 7.35. The summed E-state index contributed by atoms with van der Waals surface area (Å²) in [4.78, 5) is 17.0. The normalized spacial score (nSPS) is 11.0. The van der Waals surface area contributed by atoms with Crippen LogP contribution in [0.2, 0.25) is 0 Å². The minimum atomic E-state index is 0. The van der Waals surface area contributed by atoms with Crippen LogP contribution in [0.4, 0.5) is 5.69 Å². The average molecular weight is 444 g/mol. The van der Waals surface area contributed by atoms with Crippen LogP contribution >= 0.6 is 11.3 Å². The largest absolute Gasteiger partial charge is 1.00 e. The van der Waals surface area contributed by atoms with Crippen molar-refractivity contribution in [3.8, 4) is 17.0 Å². The van der Waals surface area contributed by atoms with Crippen molar-refractivity contribution < 1.29 is 26.5 Å². The maximum atomic E-state index is 11.4. The summed E-state index contributed by atoms with van der Waals surface area (Å²) in [6, 6.07) is 15.3. The van der Waals surface area contributed by atoms with Gasteiger partial charge in [-0.25, -0.2) is 4.99 Å². The van der Waals surface area contributed by atoms with E-state index in [1.54, 1.807) is 37.5 Å². The molecule has 0 radical (unpaired) electrons. The van der Waals surface area contributed by atoms with E-state index in [0.717, 1.165) is 27.5 Å². The predicted molar refractivity (Wildman–Crippen MR) is 106 cm³/mol. The van der Waals surface area contributed by atoms with Gasteiger partial charge in [-0.2, -0.15) is 0 Å². The zero-order valence-electron chi connectivity index (χ0n) is 15.2. The van der Waals surface area contributed by atoms with Crippen LogP contribution < -0.4 is 26.5 Å². The van der Waals surface area contributed by atoms with Crippen molar-refractivity contribution >= 4 is 22.8 Å². The molecular weight excluding hydrogens is 424 g/mol. The molecule has 140 valence electrons. The first kappa shape index (κ1) is 20.9. The first-order chi connectivity index (χ1) is 12.6. The zero-order chi connectivity index (χ0) is 18.5. The van der Waals surface area contributed by atoms with Crippen molar-refractivity contribution in [1.82, 2.24) is 4.57 Å². The van der Waals surface area contributed by atoms with E-state index < -0.39 is 0 Å². The molecule has 0 atom stereocenters. The molecule has 0 amide bonds. The molecule has 0 bridgehead atoms. The Bertz CT molecular complexity index is 986. The summed E-state index contributed by atoms with van der Waals surface area (Å²) in [5.41, 5.74) is 3.68. The van der Waals surface area contributed by atoms with Crippen molar-refractivity contribution in [3.05, 3.63) is 76.9 Å². The summed E-state index contributed by atoms with van der Waals surface area (Å²) in [7, 11) is 1.66. The second-order valence-electron chi connectivity index (χ2n) is 5.75. The van der Waals surface area contributed by atoms with E-state index in [0.29, 0.717) is 12.1 Å². The highest BCUT2D eigenvalue weighted by Crippen LogP contribution is 2.23. The minimum absolute atomic E-state index is 0. The molecular formula is C21H20BrN2O2S-. The second-order valence-corrected chi connectivity index (χ2v) is 6.58. The Balaban J connectivity index is 0.00000261. The number of nitrogens with zero attached hydrogens (tertiary/aromatic N) is 2. The number of halogens is 1. The van der Waals surface area contributed by atoms with Crippen LogP contribution in [-0.2, 0) is 6.54 Å². The van der Waals surface area contributed by atoms with Gasteiger partial charge in [-0.05, 0) is 61.0 Å². The van der Waals surface area contributed by atoms with Crippen LogP contribution in [0.5, 0.6) is 5.75 Å². The lowest BCUT2D eigenvalue weighted by Crippen LogP contribution is -3.00. The zero-order valence-corrected chi connectivity index (χ0v) is 17.6. The molecule has 0 saturated carbocycles. The predicted octanol–water partition coefficient (Wildman–Crippen LogP) is 1.85. The third-order valence-corrected chi connectivity index (χ3v) is 4.86. The molecule has 1 heterocycles. The quantitative estimate of drug-likeness (QED) is 0.430. The number of benzene rings is 2. The highest BCUT2D eigenvalue weighted by molar-refractivity contribution is 7.07. The number of allylic oxidation sites excluding steroid dienone is 1. The Hall–Kier alpha value is -2.44. The van der Waals surface area contributed by atoms with Crippen LogP contribution in [0.3, 0.4) is 0 Å². The number of thiazole rings is 1. The lowest BCUT2D eigenvalue weighted by atomic mass is 10.1. The highest BCUT2D eigenvalue weighted by atomic mass is 79.9. The highest BCUT2D eigenvalue weighted by Gasteiger charge is 2.08. The molecule has 6 heteroatoms. The Labute approximate surface area is 173 Å². The fourth-order valence-corrected chi connectivity index (χ4v) is 3.54. The van der Waals surface area contributed by atoms with E-state index in [9.17, 15) is 4.79 Å². The fraction of sp³-hybridized carbons (Fsp3) is 0.143. The smallest absolute Gasteiger partial charge is 0.190 e. The van der Waals surface area contributed by atoms with Crippen LogP contribution in [0.1, 0.15) is 17.3 Å². The molecule has 4 nitrogen and oxygen atoms in total. The van der Waals surface area contributed by atoms with Gasteiger partial charge < -0.3 is 26.3 Å². The Morgan fingerprint density at radius 1 is 1.19 bits per heavy atom. The summed E-state index contributed by atoms with van der Waals surface area (Å²) >= 11 is 1.58. The van der Waals surface area contributed by atoms with E-state index in [-0.39, 0.29) is 22.8 Å². The van der Waals surface area contributed by atoms with Crippen LogP contribution in [0.25, 0.3) is 11.3 Å². The molecule has 27 heavy (non-hydrogen) atoms. The first-order valence-corrected chi connectivity index (χ1v) is 9.09. The van der Waals surface area contributed by atoms with Crippen molar-refractivity contribution in [1.29, 1.82) is 0 Å². The Morgan fingerprint density at radius 3 is 2.41 bits per heavy atom. The number of carbonyl (C=O) groups is 1. The van der Waals surface area contributed by atoms with Gasteiger partial charge in [-0.3, -0.25) is 4.79 Å². The molecule has 0 spiro atoms. The van der Waals surface area contributed by atoms with Gasteiger partial charge in [0.1, 0.15) is 5.75 Å². The van der Waals surface area contributed by atoms with Crippen molar-refractivity contribution in [2.45, 2.75) is 13.5 Å². The van der Waals surface area contributed by atoms with Gasteiger partial charge in [0, 0.05) is 17.5 Å². The maximum Gasteiger partial charge on any atom is 0.190 e. The monoisotopic (exact) mass is 443 g/mol. The Kier molecular flexibility index (Phi) is 7.33. The standard InChI is InChI=1S/C21H20N2O2S.BrH/c1-4-13-23-20(17-7-11-19(25-3)12-8-17)14-26-21(23)22-18-9-5-16(6-10-18)15(2)24;/h4-12,14H,1,13H2,2-3H3;1H/p-1. The molecule has 3 aromatic rings. The number of rotatable bonds is 6. The van der Waals surface area contributed by atoms with E-state index in [2.05, 4.69) is 16.5 Å². The van der Waals surface area contributed by atoms with Crippen LogP contribution in [-0.4, -0.2) is 17.5 Å². The molecule has 0 saturated heterocycles. The molecule has 2 aromatic carbocycles. The summed E-state index contributed by atoms with van der Waals surface area (Å²) in [6.45, 7) is 6.08. The molecule has 3 rings (SSSR count). The number of aromatic nitrogens is 1. The molecule has 0 N–H and O–H groups in total. The fourth-order valence-electron chi connectivity index (χ4n) is 2.60. The number of methoxy groups -OCH3 is 1. The number of hydrogen-bond acceptors (Lipinski definition) is 4. The second kappa shape index (κ2) is 9.48. The maximum absolute atomic E-state index is 11.4. The van der Waals surface area contributed by atoms with Gasteiger partial charge in [-0.1, -0.05) is 6.08 Å². The lowest BCUT2D eigenvalue weighted by molar-refractivity contribution is -0.0000135. The number of Topliss-reactive ketones (excluding diaryl/α,β-unsaturated/α-hetero) is 1. The summed E-state index contributed by atoms with van der Waals surface area (Å²) in [6.07, 6.45) is 1.86. The van der Waals surface area contributed by atoms with Crippen LogP contribution in [0, 0.1) is 0 Å². The number of ether oxygens (including phenoxy) is 1. The Morgan fingerprint density at radius 2 is 1.85 bits per heavy atom. The van der Waals surface area contributed by atoms with Gasteiger partial charge in [0.05, 0.1) is 18.5 Å². The average Bonchev–Trinajstić information content (AvgIpc) is 3.05. The van der Waals surface area contributed by atoms with E-state index in [1.165, 1.54) is 0 Å². The van der Waals surface area contributed by atoms with Gasteiger partial charge in [0.2, 0.25) is 0 Å². The van der Waals surface area contributed by atoms with Crippen molar-refractivity contribution in [2.24, 2.45) is 4.99 Å². The molecule has 0 aliphatic carbocycles. The number of carbonyl (C=O) groups excluding carboxylic acids is 1. The third kappa shape index (κ3) is 4.84. The molecule has 1 aromatic heterocycles. The molecule has 0 aliphatic heterocycles.